The third-order valence-electron chi connectivity index (χ3n) is 3.62. The number of carbonyl (C=O) groups is 1. The molecule has 0 aliphatic carbocycles. The summed E-state index contributed by atoms with van der Waals surface area (Å²) < 4.78 is 0. The maximum atomic E-state index is 11.0. The minimum absolute atomic E-state index is 0.407. The molecule has 0 aromatic rings. The van der Waals surface area contributed by atoms with Gasteiger partial charge in [0.15, 0.2) is 0 Å². The van der Waals surface area contributed by atoms with Gasteiger partial charge >= 0.3 is 0 Å². The zero-order valence-corrected chi connectivity index (χ0v) is 10.7. The summed E-state index contributed by atoms with van der Waals surface area (Å²) in [6.07, 6.45) is 2.88. The van der Waals surface area contributed by atoms with Crippen LogP contribution in [-0.4, -0.2) is 35.5 Å². The molecule has 1 heterocycles. The fourth-order valence-electron chi connectivity index (χ4n) is 2.47. The highest BCUT2D eigenvalue weighted by molar-refractivity contribution is 5.83. The van der Waals surface area contributed by atoms with Crippen LogP contribution in [0.15, 0.2) is 0 Å². The molecule has 94 valence electrons. The van der Waals surface area contributed by atoms with Gasteiger partial charge in [-0.2, -0.15) is 0 Å². The highest BCUT2D eigenvalue weighted by Crippen LogP contribution is 2.23. The average molecular weight is 227 g/mol. The number of nitrogens with two attached hydrogens (primary N) is 2. The van der Waals surface area contributed by atoms with Crippen LogP contribution < -0.4 is 11.5 Å². The van der Waals surface area contributed by atoms with E-state index in [0.717, 1.165) is 18.9 Å². The Morgan fingerprint density at radius 3 is 2.56 bits per heavy atom. The Morgan fingerprint density at radius 2 is 2.12 bits per heavy atom. The van der Waals surface area contributed by atoms with Crippen molar-refractivity contribution in [3.8, 4) is 0 Å². The molecule has 1 aliphatic rings. The van der Waals surface area contributed by atoms with Crippen LogP contribution in [0.5, 0.6) is 0 Å². The zero-order valence-electron chi connectivity index (χ0n) is 10.7. The Labute approximate surface area is 98.3 Å². The van der Waals surface area contributed by atoms with E-state index in [4.69, 9.17) is 11.5 Å². The molecule has 1 amide bonds. The Kier molecular flexibility index (Phi) is 4.33. The number of hydrogen-bond acceptors (Lipinski definition) is 3. The summed E-state index contributed by atoms with van der Waals surface area (Å²) in [6, 6.07) is 0.660. The number of likely N-dealkylation sites (tertiary alicyclic amines) is 1. The second-order valence-electron chi connectivity index (χ2n) is 5.57. The molecule has 0 aromatic heterocycles. The SMILES string of the molecule is CC1CC(C)N(CCCC(C)(N)C(N)=O)C1. The Bertz CT molecular complexity index is 253. The van der Waals surface area contributed by atoms with Crippen molar-refractivity contribution in [1.29, 1.82) is 0 Å². The topological polar surface area (TPSA) is 72.3 Å². The van der Waals surface area contributed by atoms with Gasteiger partial charge in [-0.1, -0.05) is 6.92 Å². The van der Waals surface area contributed by atoms with Crippen LogP contribution in [0.3, 0.4) is 0 Å². The highest BCUT2D eigenvalue weighted by Gasteiger charge is 2.28. The van der Waals surface area contributed by atoms with Crippen LogP contribution in [0, 0.1) is 5.92 Å². The van der Waals surface area contributed by atoms with Gasteiger partial charge in [-0.15, -0.1) is 0 Å². The summed E-state index contributed by atoms with van der Waals surface area (Å²) in [7, 11) is 0. The predicted octanol–water partition coefficient (Wildman–Crippen LogP) is 0.700. The van der Waals surface area contributed by atoms with E-state index in [9.17, 15) is 4.79 Å². The van der Waals surface area contributed by atoms with Crippen LogP contribution in [0.1, 0.15) is 40.0 Å². The van der Waals surface area contributed by atoms with E-state index in [1.165, 1.54) is 13.0 Å². The average Bonchev–Trinajstić information content (AvgIpc) is 2.44. The molecule has 0 saturated carbocycles. The van der Waals surface area contributed by atoms with Gasteiger partial charge in [0.25, 0.3) is 0 Å². The standard InChI is InChI=1S/C12H25N3O/c1-9-7-10(2)15(8-9)6-4-5-12(3,14)11(13)16/h9-10H,4-8,14H2,1-3H3,(H2,13,16). The highest BCUT2D eigenvalue weighted by atomic mass is 16.1. The van der Waals surface area contributed by atoms with Crippen molar-refractivity contribution in [2.24, 2.45) is 17.4 Å². The lowest BCUT2D eigenvalue weighted by Gasteiger charge is -2.24. The lowest BCUT2D eigenvalue weighted by atomic mass is 9.96. The molecule has 4 nitrogen and oxygen atoms in total. The third kappa shape index (κ3) is 3.46. The third-order valence-corrected chi connectivity index (χ3v) is 3.62. The van der Waals surface area contributed by atoms with E-state index in [1.807, 2.05) is 0 Å². The predicted molar refractivity (Wildman–Crippen MR) is 65.8 cm³/mol. The molecule has 0 radical (unpaired) electrons. The molecule has 0 spiro atoms. The first-order valence-electron chi connectivity index (χ1n) is 6.16. The van der Waals surface area contributed by atoms with Crippen molar-refractivity contribution < 1.29 is 4.79 Å². The van der Waals surface area contributed by atoms with Crippen molar-refractivity contribution in [2.45, 2.75) is 51.6 Å². The van der Waals surface area contributed by atoms with Crippen molar-refractivity contribution in [1.82, 2.24) is 4.90 Å². The molecule has 4 N–H and O–H groups in total. The first-order chi connectivity index (χ1) is 7.33. The lowest BCUT2D eigenvalue weighted by Crippen LogP contribution is -2.49. The Morgan fingerprint density at radius 1 is 1.50 bits per heavy atom. The summed E-state index contributed by atoms with van der Waals surface area (Å²) in [5.41, 5.74) is 10.2. The summed E-state index contributed by atoms with van der Waals surface area (Å²) in [4.78, 5) is 13.5. The number of nitrogens with zero attached hydrogens (tertiary/aromatic N) is 1. The summed E-state index contributed by atoms with van der Waals surface area (Å²) >= 11 is 0. The van der Waals surface area contributed by atoms with Crippen LogP contribution in [0.2, 0.25) is 0 Å². The minimum Gasteiger partial charge on any atom is -0.368 e. The maximum absolute atomic E-state index is 11.0. The summed E-state index contributed by atoms with van der Waals surface area (Å²) in [5, 5.41) is 0. The quantitative estimate of drug-likeness (QED) is 0.726. The Hall–Kier alpha value is -0.610. The smallest absolute Gasteiger partial charge is 0.237 e. The fraction of sp³-hybridized carbons (Fsp3) is 0.917. The van der Waals surface area contributed by atoms with Crippen LogP contribution >= 0.6 is 0 Å². The van der Waals surface area contributed by atoms with E-state index >= 15 is 0 Å². The molecule has 3 unspecified atom stereocenters. The molecule has 16 heavy (non-hydrogen) atoms. The number of carbonyl (C=O) groups excluding carboxylic acids is 1. The van der Waals surface area contributed by atoms with Crippen LogP contribution in [-0.2, 0) is 4.79 Å². The zero-order chi connectivity index (χ0) is 12.3. The van der Waals surface area contributed by atoms with Crippen molar-refractivity contribution >= 4 is 5.91 Å². The Balaban J connectivity index is 2.28. The molecule has 1 rings (SSSR count). The largest absolute Gasteiger partial charge is 0.368 e. The normalized spacial score (nSPS) is 30.2. The van der Waals surface area contributed by atoms with Gasteiger partial charge in [0.1, 0.15) is 0 Å². The van der Waals surface area contributed by atoms with Gasteiger partial charge < -0.3 is 16.4 Å². The summed E-state index contributed by atoms with van der Waals surface area (Å²) in [5.74, 6) is 0.380. The van der Waals surface area contributed by atoms with Gasteiger partial charge in [-0.3, -0.25) is 4.79 Å². The second kappa shape index (κ2) is 5.15. The molecule has 0 bridgehead atoms. The minimum atomic E-state index is -0.853. The van der Waals surface area contributed by atoms with E-state index in [0.29, 0.717) is 12.5 Å². The summed E-state index contributed by atoms with van der Waals surface area (Å²) in [6.45, 7) is 8.45. The second-order valence-corrected chi connectivity index (χ2v) is 5.57. The molecule has 1 saturated heterocycles. The molecular formula is C12H25N3O. The number of primary amides is 1. The van der Waals surface area contributed by atoms with Gasteiger partial charge in [-0.05, 0) is 45.6 Å². The van der Waals surface area contributed by atoms with Gasteiger partial charge in [0, 0.05) is 12.6 Å². The van der Waals surface area contributed by atoms with Crippen LogP contribution in [0.25, 0.3) is 0 Å². The lowest BCUT2D eigenvalue weighted by molar-refractivity contribution is -0.122. The van der Waals surface area contributed by atoms with E-state index in [1.54, 1.807) is 6.92 Å². The monoisotopic (exact) mass is 227 g/mol. The molecule has 4 heteroatoms. The molecule has 3 atom stereocenters. The van der Waals surface area contributed by atoms with Crippen molar-refractivity contribution in [3.63, 3.8) is 0 Å². The molecular weight excluding hydrogens is 202 g/mol. The molecule has 1 aliphatic heterocycles. The van der Waals surface area contributed by atoms with Crippen molar-refractivity contribution in [2.75, 3.05) is 13.1 Å². The van der Waals surface area contributed by atoms with Gasteiger partial charge in [0.05, 0.1) is 5.54 Å². The molecule has 0 aromatic carbocycles. The molecule has 1 fully saturated rings. The number of amides is 1. The number of rotatable bonds is 5. The number of hydrogen-bond donors (Lipinski definition) is 2. The van der Waals surface area contributed by atoms with Gasteiger partial charge in [-0.25, -0.2) is 0 Å². The van der Waals surface area contributed by atoms with Gasteiger partial charge in [0.2, 0.25) is 5.91 Å². The first-order valence-corrected chi connectivity index (χ1v) is 6.16. The fourth-order valence-corrected chi connectivity index (χ4v) is 2.47. The van der Waals surface area contributed by atoms with E-state index < -0.39 is 11.4 Å². The van der Waals surface area contributed by atoms with E-state index in [2.05, 4.69) is 18.7 Å². The maximum Gasteiger partial charge on any atom is 0.237 e. The van der Waals surface area contributed by atoms with Crippen molar-refractivity contribution in [3.05, 3.63) is 0 Å². The first kappa shape index (κ1) is 13.5. The van der Waals surface area contributed by atoms with Crippen LogP contribution in [0.4, 0.5) is 0 Å². The van der Waals surface area contributed by atoms with E-state index in [-0.39, 0.29) is 0 Å².